The van der Waals surface area contributed by atoms with Crippen LogP contribution in [0.5, 0.6) is 5.88 Å². The predicted octanol–water partition coefficient (Wildman–Crippen LogP) is 1.80. The SMILES string of the molecule is COc1nn(C)cc1NCc1cccn1C.Cl. The van der Waals surface area contributed by atoms with Gasteiger partial charge in [0.25, 0.3) is 5.88 Å². The van der Waals surface area contributed by atoms with Gasteiger partial charge >= 0.3 is 0 Å². The Bertz CT molecular complexity index is 478. The highest BCUT2D eigenvalue weighted by molar-refractivity contribution is 5.85. The molecule has 0 unspecified atom stereocenters. The molecule has 2 aromatic heterocycles. The number of methoxy groups -OCH3 is 1. The van der Waals surface area contributed by atoms with Gasteiger partial charge in [0.15, 0.2) is 0 Å². The molecule has 0 radical (unpaired) electrons. The molecule has 17 heavy (non-hydrogen) atoms. The monoisotopic (exact) mass is 256 g/mol. The number of rotatable bonds is 4. The number of aryl methyl sites for hydroxylation is 2. The van der Waals surface area contributed by atoms with Crippen LogP contribution in [0.1, 0.15) is 5.69 Å². The van der Waals surface area contributed by atoms with Crippen molar-refractivity contribution in [3.8, 4) is 5.88 Å². The van der Waals surface area contributed by atoms with Crippen LogP contribution < -0.4 is 10.1 Å². The molecule has 0 aromatic carbocycles. The molecule has 0 bridgehead atoms. The first kappa shape index (κ1) is 13.4. The summed E-state index contributed by atoms with van der Waals surface area (Å²) < 4.78 is 8.97. The molecule has 0 saturated carbocycles. The van der Waals surface area contributed by atoms with Crippen LogP contribution in [0.3, 0.4) is 0 Å². The quantitative estimate of drug-likeness (QED) is 0.907. The number of halogens is 1. The van der Waals surface area contributed by atoms with Gasteiger partial charge in [-0.1, -0.05) is 0 Å². The zero-order valence-electron chi connectivity index (χ0n) is 10.2. The van der Waals surface area contributed by atoms with Crippen molar-refractivity contribution in [1.29, 1.82) is 0 Å². The summed E-state index contributed by atoms with van der Waals surface area (Å²) in [6, 6.07) is 4.10. The number of aromatic nitrogens is 3. The van der Waals surface area contributed by atoms with Crippen molar-refractivity contribution in [3.63, 3.8) is 0 Å². The van der Waals surface area contributed by atoms with E-state index < -0.39 is 0 Å². The second kappa shape index (κ2) is 5.63. The summed E-state index contributed by atoms with van der Waals surface area (Å²) in [5, 5.41) is 7.48. The fourth-order valence-corrected chi connectivity index (χ4v) is 1.61. The lowest BCUT2D eigenvalue weighted by Gasteiger charge is -2.06. The summed E-state index contributed by atoms with van der Waals surface area (Å²) in [5.41, 5.74) is 2.12. The van der Waals surface area contributed by atoms with Gasteiger partial charge in [-0.15, -0.1) is 17.5 Å². The molecule has 94 valence electrons. The van der Waals surface area contributed by atoms with Crippen molar-refractivity contribution in [2.24, 2.45) is 14.1 Å². The molecule has 6 heteroatoms. The Morgan fingerprint density at radius 1 is 1.41 bits per heavy atom. The number of ether oxygens (including phenoxy) is 1. The van der Waals surface area contributed by atoms with Crippen LogP contribution >= 0.6 is 12.4 Å². The fraction of sp³-hybridized carbons (Fsp3) is 0.364. The Kier molecular flexibility index (Phi) is 4.45. The van der Waals surface area contributed by atoms with E-state index in [-0.39, 0.29) is 12.4 Å². The van der Waals surface area contributed by atoms with E-state index in [1.165, 1.54) is 5.69 Å². The van der Waals surface area contributed by atoms with Gasteiger partial charge in [-0.25, -0.2) is 0 Å². The van der Waals surface area contributed by atoms with E-state index in [1.807, 2.05) is 32.6 Å². The number of anilines is 1. The standard InChI is InChI=1S/C11H16N4O.ClH/c1-14-6-4-5-9(14)7-12-10-8-15(2)13-11(10)16-3;/h4-6,8,12H,7H2,1-3H3;1H. The summed E-state index contributed by atoms with van der Waals surface area (Å²) in [5.74, 6) is 0.622. The van der Waals surface area contributed by atoms with Crippen LogP contribution in [0.25, 0.3) is 0 Å². The molecule has 2 rings (SSSR count). The third-order valence-electron chi connectivity index (χ3n) is 2.50. The van der Waals surface area contributed by atoms with Crippen molar-refractivity contribution in [1.82, 2.24) is 14.3 Å². The zero-order chi connectivity index (χ0) is 11.5. The highest BCUT2D eigenvalue weighted by atomic mass is 35.5. The number of nitrogens with zero attached hydrogens (tertiary/aromatic N) is 3. The first-order valence-corrected chi connectivity index (χ1v) is 5.12. The third-order valence-corrected chi connectivity index (χ3v) is 2.50. The summed E-state index contributed by atoms with van der Waals surface area (Å²) in [4.78, 5) is 0. The Balaban J connectivity index is 0.00000144. The molecular formula is C11H17ClN4O. The fourth-order valence-electron chi connectivity index (χ4n) is 1.61. The molecule has 5 nitrogen and oxygen atoms in total. The summed E-state index contributed by atoms with van der Waals surface area (Å²) in [7, 11) is 5.52. The van der Waals surface area contributed by atoms with Crippen LogP contribution in [0.2, 0.25) is 0 Å². The van der Waals surface area contributed by atoms with Gasteiger partial charge in [0.1, 0.15) is 5.69 Å². The van der Waals surface area contributed by atoms with Crippen LogP contribution in [-0.4, -0.2) is 21.5 Å². The molecule has 0 fully saturated rings. The lowest BCUT2D eigenvalue weighted by Crippen LogP contribution is -2.04. The maximum Gasteiger partial charge on any atom is 0.256 e. The van der Waals surface area contributed by atoms with Gasteiger partial charge in [0, 0.05) is 26.0 Å². The first-order valence-electron chi connectivity index (χ1n) is 5.12. The van der Waals surface area contributed by atoms with Crippen molar-refractivity contribution in [2.45, 2.75) is 6.54 Å². The molecule has 0 amide bonds. The van der Waals surface area contributed by atoms with Crippen molar-refractivity contribution in [3.05, 3.63) is 30.2 Å². The molecule has 0 aliphatic carbocycles. The second-order valence-corrected chi connectivity index (χ2v) is 3.69. The van der Waals surface area contributed by atoms with Crippen LogP contribution in [0.4, 0.5) is 5.69 Å². The highest BCUT2D eigenvalue weighted by Gasteiger charge is 2.07. The van der Waals surface area contributed by atoms with Crippen molar-refractivity contribution < 1.29 is 4.74 Å². The Labute approximate surface area is 107 Å². The van der Waals surface area contributed by atoms with E-state index in [0.29, 0.717) is 5.88 Å². The van der Waals surface area contributed by atoms with Gasteiger partial charge in [0.05, 0.1) is 19.9 Å². The first-order chi connectivity index (χ1) is 7.70. The van der Waals surface area contributed by atoms with Gasteiger partial charge in [-0.3, -0.25) is 4.68 Å². The largest absolute Gasteiger partial charge is 0.478 e. The molecule has 2 aromatic rings. The topological polar surface area (TPSA) is 44.0 Å². The molecule has 0 saturated heterocycles. The predicted molar refractivity (Wildman–Crippen MR) is 69.7 cm³/mol. The van der Waals surface area contributed by atoms with E-state index in [9.17, 15) is 0 Å². The van der Waals surface area contributed by atoms with Crippen LogP contribution in [0.15, 0.2) is 24.5 Å². The Hall–Kier alpha value is -1.62. The third kappa shape index (κ3) is 2.94. The number of hydrogen-bond acceptors (Lipinski definition) is 3. The van der Waals surface area contributed by atoms with Gasteiger partial charge < -0.3 is 14.6 Å². The van der Waals surface area contributed by atoms with Crippen LogP contribution in [0, 0.1) is 0 Å². The smallest absolute Gasteiger partial charge is 0.256 e. The molecule has 1 N–H and O–H groups in total. The molecule has 0 aliphatic heterocycles. The van der Waals surface area contributed by atoms with E-state index in [2.05, 4.69) is 21.0 Å². The minimum Gasteiger partial charge on any atom is -0.478 e. The van der Waals surface area contributed by atoms with Crippen molar-refractivity contribution in [2.75, 3.05) is 12.4 Å². The Morgan fingerprint density at radius 3 is 2.76 bits per heavy atom. The van der Waals surface area contributed by atoms with E-state index in [0.717, 1.165) is 12.2 Å². The van der Waals surface area contributed by atoms with Gasteiger partial charge in [0.2, 0.25) is 0 Å². The minimum absolute atomic E-state index is 0. The Morgan fingerprint density at radius 2 is 2.18 bits per heavy atom. The maximum atomic E-state index is 5.17. The minimum atomic E-state index is 0. The van der Waals surface area contributed by atoms with E-state index >= 15 is 0 Å². The lowest BCUT2D eigenvalue weighted by atomic mass is 10.4. The summed E-state index contributed by atoms with van der Waals surface area (Å²) in [6.07, 6.45) is 3.93. The number of nitrogens with one attached hydrogen (secondary N) is 1. The number of hydrogen-bond donors (Lipinski definition) is 1. The molecule has 0 spiro atoms. The van der Waals surface area contributed by atoms with E-state index in [1.54, 1.807) is 11.8 Å². The average Bonchev–Trinajstić information content (AvgIpc) is 2.81. The molecule has 0 atom stereocenters. The second-order valence-electron chi connectivity index (χ2n) is 3.69. The molecule has 0 aliphatic rings. The van der Waals surface area contributed by atoms with Gasteiger partial charge in [-0.05, 0) is 12.1 Å². The van der Waals surface area contributed by atoms with Crippen molar-refractivity contribution >= 4 is 18.1 Å². The van der Waals surface area contributed by atoms with Gasteiger partial charge in [-0.2, -0.15) is 0 Å². The maximum absolute atomic E-state index is 5.17. The summed E-state index contributed by atoms with van der Waals surface area (Å²) >= 11 is 0. The van der Waals surface area contributed by atoms with E-state index in [4.69, 9.17) is 4.74 Å². The normalized spacial score (nSPS) is 9.82. The summed E-state index contributed by atoms with van der Waals surface area (Å²) in [6.45, 7) is 0.756. The highest BCUT2D eigenvalue weighted by Crippen LogP contribution is 2.21. The zero-order valence-corrected chi connectivity index (χ0v) is 11.0. The van der Waals surface area contributed by atoms with Crippen LogP contribution in [-0.2, 0) is 20.6 Å². The lowest BCUT2D eigenvalue weighted by molar-refractivity contribution is 0.393. The molecular weight excluding hydrogens is 240 g/mol. The average molecular weight is 257 g/mol. The molecule has 2 heterocycles.